The minimum Gasteiger partial charge on any atom is -0.334 e. The Hall–Kier alpha value is -2.50. The molecule has 0 aromatic heterocycles. The maximum atomic E-state index is 12.6. The number of fused-ring (bicyclic) bond motifs is 1. The van der Waals surface area contributed by atoms with Gasteiger partial charge in [-0.05, 0) is 35.6 Å². The van der Waals surface area contributed by atoms with Crippen molar-refractivity contribution < 1.29 is 18.0 Å². The first-order chi connectivity index (χ1) is 11.4. The van der Waals surface area contributed by atoms with Gasteiger partial charge in [0.2, 0.25) is 0 Å². The maximum absolute atomic E-state index is 12.6. The van der Waals surface area contributed by atoms with Crippen molar-refractivity contribution in [3.05, 3.63) is 65.2 Å². The number of hydrogen-bond acceptors (Lipinski definition) is 1. The lowest BCUT2D eigenvalue weighted by molar-refractivity contribution is -0.127. The number of benzene rings is 2. The molecule has 1 aliphatic carbocycles. The second-order valence-corrected chi connectivity index (χ2v) is 5.92. The number of rotatable bonds is 3. The molecule has 0 fully saturated rings. The summed E-state index contributed by atoms with van der Waals surface area (Å²) >= 11 is 0. The average Bonchev–Trinajstić information content (AvgIpc) is 2.89. The van der Waals surface area contributed by atoms with E-state index in [0.29, 0.717) is 0 Å². The zero-order chi connectivity index (χ0) is 17.2. The summed E-state index contributed by atoms with van der Waals surface area (Å²) in [6, 6.07) is 13.4. The van der Waals surface area contributed by atoms with E-state index in [1.54, 1.807) is 6.07 Å². The Morgan fingerprint density at radius 2 is 1.58 bits per heavy atom. The first kappa shape index (κ1) is 16.4. The number of amides is 2. The number of hydrogen-bond donors (Lipinski definition) is 2. The molecule has 24 heavy (non-hydrogen) atoms. The smallest absolute Gasteiger partial charge is 0.334 e. The highest BCUT2D eigenvalue weighted by atomic mass is 19.4. The fraction of sp³-hybridized carbons (Fsp3) is 0.278. The molecule has 126 valence electrons. The lowest BCUT2D eigenvalue weighted by Gasteiger charge is -2.16. The number of anilines is 1. The molecule has 0 spiro atoms. The van der Waals surface area contributed by atoms with Crippen molar-refractivity contribution in [3.8, 4) is 0 Å². The standard InChI is InChI=1S/C18H17F3N2O/c19-18(20,21)11-14-7-3-4-8-16(14)23-17(24)22-15-9-12-5-1-2-6-13(12)10-15/h1-8,15H,9-11H2,(H2,22,23,24). The Balaban J connectivity index is 1.62. The molecule has 0 heterocycles. The summed E-state index contributed by atoms with van der Waals surface area (Å²) < 4.78 is 37.8. The molecule has 0 bridgehead atoms. The number of nitrogens with one attached hydrogen (secondary N) is 2. The molecule has 2 aromatic carbocycles. The average molecular weight is 334 g/mol. The van der Waals surface area contributed by atoms with Crippen LogP contribution in [0.15, 0.2) is 48.5 Å². The molecule has 2 N–H and O–H groups in total. The van der Waals surface area contributed by atoms with Crippen LogP contribution >= 0.6 is 0 Å². The molecule has 2 aromatic rings. The van der Waals surface area contributed by atoms with E-state index in [0.717, 1.165) is 12.8 Å². The third-order valence-electron chi connectivity index (χ3n) is 4.04. The normalized spacial score (nSPS) is 14.3. The molecule has 6 heteroatoms. The number of para-hydroxylation sites is 1. The van der Waals surface area contributed by atoms with Crippen LogP contribution in [0.1, 0.15) is 16.7 Å². The van der Waals surface area contributed by atoms with E-state index in [-0.39, 0.29) is 17.3 Å². The molecule has 2 amide bonds. The largest absolute Gasteiger partial charge is 0.393 e. The van der Waals surface area contributed by atoms with Crippen LogP contribution in [-0.2, 0) is 19.3 Å². The van der Waals surface area contributed by atoms with E-state index in [9.17, 15) is 18.0 Å². The van der Waals surface area contributed by atoms with Gasteiger partial charge in [0.25, 0.3) is 0 Å². The Morgan fingerprint density at radius 1 is 1.00 bits per heavy atom. The molecule has 0 aliphatic heterocycles. The lowest BCUT2D eigenvalue weighted by atomic mass is 10.1. The van der Waals surface area contributed by atoms with Crippen molar-refractivity contribution in [1.29, 1.82) is 0 Å². The summed E-state index contributed by atoms with van der Waals surface area (Å²) in [5.74, 6) is 0. The van der Waals surface area contributed by atoms with Crippen molar-refractivity contribution in [1.82, 2.24) is 5.32 Å². The van der Waals surface area contributed by atoms with E-state index < -0.39 is 18.6 Å². The summed E-state index contributed by atoms with van der Waals surface area (Å²) in [5.41, 5.74) is 2.62. The molecule has 3 rings (SSSR count). The van der Waals surface area contributed by atoms with Gasteiger partial charge in [-0.1, -0.05) is 42.5 Å². The van der Waals surface area contributed by atoms with Gasteiger partial charge in [0.05, 0.1) is 6.42 Å². The first-order valence-electron chi connectivity index (χ1n) is 7.70. The third kappa shape index (κ3) is 4.07. The SMILES string of the molecule is O=C(Nc1ccccc1CC(F)(F)F)NC1Cc2ccccc2C1. The van der Waals surface area contributed by atoms with Crippen molar-refractivity contribution in [2.75, 3.05) is 5.32 Å². The molecule has 0 atom stereocenters. The number of carbonyl (C=O) groups excluding carboxylic acids is 1. The summed E-state index contributed by atoms with van der Waals surface area (Å²) in [7, 11) is 0. The van der Waals surface area contributed by atoms with Gasteiger partial charge in [-0.15, -0.1) is 0 Å². The number of carbonyl (C=O) groups is 1. The monoisotopic (exact) mass is 334 g/mol. The van der Waals surface area contributed by atoms with Crippen LogP contribution in [0.4, 0.5) is 23.7 Å². The highest BCUT2D eigenvalue weighted by molar-refractivity contribution is 5.90. The van der Waals surface area contributed by atoms with Crippen molar-refractivity contribution in [2.24, 2.45) is 0 Å². The van der Waals surface area contributed by atoms with E-state index in [2.05, 4.69) is 10.6 Å². The zero-order valence-electron chi connectivity index (χ0n) is 12.9. The molecule has 0 radical (unpaired) electrons. The van der Waals surface area contributed by atoms with Gasteiger partial charge in [0.15, 0.2) is 0 Å². The van der Waals surface area contributed by atoms with Crippen LogP contribution in [0.2, 0.25) is 0 Å². The minimum atomic E-state index is -4.32. The fourth-order valence-electron chi connectivity index (χ4n) is 3.02. The Morgan fingerprint density at radius 3 is 2.21 bits per heavy atom. The predicted molar refractivity (Wildman–Crippen MR) is 86.0 cm³/mol. The van der Waals surface area contributed by atoms with Crippen LogP contribution in [0, 0.1) is 0 Å². The molecular weight excluding hydrogens is 317 g/mol. The van der Waals surface area contributed by atoms with Crippen molar-refractivity contribution in [2.45, 2.75) is 31.5 Å². The van der Waals surface area contributed by atoms with Crippen LogP contribution in [0.25, 0.3) is 0 Å². The number of alkyl halides is 3. The molecule has 1 aliphatic rings. The summed E-state index contributed by atoms with van der Waals surface area (Å²) in [6.07, 6.45) is -3.93. The van der Waals surface area contributed by atoms with Gasteiger partial charge >= 0.3 is 12.2 Å². The predicted octanol–water partition coefficient (Wildman–Crippen LogP) is 4.08. The van der Waals surface area contributed by atoms with Crippen molar-refractivity contribution in [3.63, 3.8) is 0 Å². The van der Waals surface area contributed by atoms with Crippen LogP contribution in [0.5, 0.6) is 0 Å². The van der Waals surface area contributed by atoms with E-state index in [1.807, 2.05) is 24.3 Å². The third-order valence-corrected chi connectivity index (χ3v) is 4.04. The van der Waals surface area contributed by atoms with E-state index in [4.69, 9.17) is 0 Å². The van der Waals surface area contributed by atoms with Gasteiger partial charge in [-0.25, -0.2) is 4.79 Å². The van der Waals surface area contributed by atoms with E-state index in [1.165, 1.54) is 29.3 Å². The van der Waals surface area contributed by atoms with Gasteiger partial charge in [-0.3, -0.25) is 0 Å². The van der Waals surface area contributed by atoms with Gasteiger partial charge in [-0.2, -0.15) is 13.2 Å². The Labute approximate surface area is 137 Å². The second kappa shape index (κ2) is 6.55. The fourth-order valence-corrected chi connectivity index (χ4v) is 3.02. The van der Waals surface area contributed by atoms with Crippen molar-refractivity contribution >= 4 is 11.7 Å². The maximum Gasteiger partial charge on any atom is 0.393 e. The molecular formula is C18H17F3N2O. The Bertz CT molecular complexity index is 718. The summed E-state index contributed by atoms with van der Waals surface area (Å²) in [6.45, 7) is 0. The van der Waals surface area contributed by atoms with E-state index >= 15 is 0 Å². The van der Waals surface area contributed by atoms with Crippen LogP contribution in [-0.4, -0.2) is 18.2 Å². The van der Waals surface area contributed by atoms with Crippen LogP contribution < -0.4 is 10.6 Å². The van der Waals surface area contributed by atoms with Gasteiger partial charge in [0.1, 0.15) is 0 Å². The van der Waals surface area contributed by atoms with Gasteiger partial charge in [0, 0.05) is 11.7 Å². The minimum absolute atomic E-state index is 0.0443. The Kier molecular flexibility index (Phi) is 4.46. The van der Waals surface area contributed by atoms with Gasteiger partial charge < -0.3 is 10.6 Å². The topological polar surface area (TPSA) is 41.1 Å². The molecule has 0 saturated carbocycles. The zero-order valence-corrected chi connectivity index (χ0v) is 12.9. The summed E-state index contributed by atoms with van der Waals surface area (Å²) in [5, 5.41) is 5.37. The quantitative estimate of drug-likeness (QED) is 0.872. The molecule has 3 nitrogen and oxygen atoms in total. The lowest BCUT2D eigenvalue weighted by Crippen LogP contribution is -2.38. The summed E-state index contributed by atoms with van der Waals surface area (Å²) in [4.78, 5) is 12.1. The number of urea groups is 1. The molecule has 0 unspecified atom stereocenters. The second-order valence-electron chi connectivity index (χ2n) is 5.92. The van der Waals surface area contributed by atoms with Crippen LogP contribution in [0.3, 0.4) is 0 Å². The highest BCUT2D eigenvalue weighted by Crippen LogP contribution is 2.26. The highest BCUT2D eigenvalue weighted by Gasteiger charge is 2.29. The first-order valence-corrected chi connectivity index (χ1v) is 7.70. The molecule has 0 saturated heterocycles. The number of halogens is 3.